The largest absolute Gasteiger partial charge is 0.339 e. The number of carbonyl (C=O) groups excluding carboxylic acids is 2. The van der Waals surface area contributed by atoms with E-state index in [1.54, 1.807) is 0 Å². The van der Waals surface area contributed by atoms with Crippen LogP contribution >= 0.6 is 0 Å². The molecule has 2 saturated heterocycles. The van der Waals surface area contributed by atoms with E-state index in [9.17, 15) is 9.59 Å². The number of rotatable bonds is 4. The summed E-state index contributed by atoms with van der Waals surface area (Å²) in [5, 5.41) is 2.96. The number of amides is 2. The maximum atomic E-state index is 12.6. The number of nitrogens with zero attached hydrogens (tertiary/aromatic N) is 2. The van der Waals surface area contributed by atoms with Crippen LogP contribution in [0.3, 0.4) is 0 Å². The highest BCUT2D eigenvalue weighted by Crippen LogP contribution is 2.16. The molecule has 0 aliphatic carbocycles. The number of benzene rings is 1. The zero-order valence-corrected chi connectivity index (χ0v) is 15.7. The van der Waals surface area contributed by atoms with Gasteiger partial charge >= 0.3 is 0 Å². The van der Waals surface area contributed by atoms with Crippen molar-refractivity contribution in [3.05, 3.63) is 29.8 Å². The fourth-order valence-electron chi connectivity index (χ4n) is 3.85. The smallest absolute Gasteiger partial charge is 0.253 e. The van der Waals surface area contributed by atoms with Crippen molar-refractivity contribution in [1.82, 2.24) is 9.80 Å². The minimum atomic E-state index is 0.0264. The topological polar surface area (TPSA) is 52.7 Å². The summed E-state index contributed by atoms with van der Waals surface area (Å²) in [4.78, 5) is 29.1. The maximum absolute atomic E-state index is 12.6. The Morgan fingerprint density at radius 3 is 1.88 bits per heavy atom. The number of nitrogens with one attached hydrogen (secondary N) is 1. The molecule has 2 amide bonds. The number of anilines is 1. The lowest BCUT2D eigenvalue weighted by molar-refractivity contribution is -0.117. The van der Waals surface area contributed by atoms with Crippen LogP contribution in [-0.2, 0) is 4.79 Å². The highest BCUT2D eigenvalue weighted by atomic mass is 16.2. The number of carbonyl (C=O) groups is 2. The van der Waals surface area contributed by atoms with Crippen LogP contribution in [0, 0.1) is 0 Å². The molecule has 0 spiro atoms. The molecular formula is C21H31N3O2. The molecule has 0 bridgehead atoms. The summed E-state index contributed by atoms with van der Waals surface area (Å²) >= 11 is 0. The molecule has 0 atom stereocenters. The number of hydrogen-bond acceptors (Lipinski definition) is 3. The molecule has 2 aliphatic heterocycles. The number of hydrogen-bond donors (Lipinski definition) is 1. The summed E-state index contributed by atoms with van der Waals surface area (Å²) in [7, 11) is 0. The van der Waals surface area contributed by atoms with Gasteiger partial charge in [0.05, 0.1) is 6.54 Å². The Balaban J connectivity index is 1.51. The Morgan fingerprint density at radius 2 is 1.31 bits per heavy atom. The van der Waals surface area contributed by atoms with E-state index in [4.69, 9.17) is 0 Å². The lowest BCUT2D eigenvalue weighted by atomic mass is 10.1. The maximum Gasteiger partial charge on any atom is 0.253 e. The summed E-state index contributed by atoms with van der Waals surface area (Å²) in [5.74, 6) is 0.132. The van der Waals surface area contributed by atoms with Crippen molar-refractivity contribution in [2.75, 3.05) is 38.0 Å². The van der Waals surface area contributed by atoms with Gasteiger partial charge in [0.25, 0.3) is 5.91 Å². The standard InChI is InChI=1S/C21H31N3O2/c25-20(17-23-13-5-1-2-6-14-23)22-19-11-9-18(10-12-19)21(26)24-15-7-3-4-8-16-24/h9-12H,1-8,13-17H2,(H,22,25). The van der Waals surface area contributed by atoms with Crippen LogP contribution in [-0.4, -0.2) is 54.3 Å². The summed E-state index contributed by atoms with van der Waals surface area (Å²) in [6.45, 7) is 4.18. The van der Waals surface area contributed by atoms with Crippen molar-refractivity contribution in [2.24, 2.45) is 0 Å². The first kappa shape index (κ1) is 18.9. The third-order valence-corrected chi connectivity index (χ3v) is 5.37. The van der Waals surface area contributed by atoms with Crippen LogP contribution in [0.15, 0.2) is 24.3 Å². The summed E-state index contributed by atoms with van der Waals surface area (Å²) in [5.41, 5.74) is 1.47. The van der Waals surface area contributed by atoms with E-state index < -0.39 is 0 Å². The van der Waals surface area contributed by atoms with E-state index >= 15 is 0 Å². The van der Waals surface area contributed by atoms with Crippen molar-refractivity contribution in [2.45, 2.75) is 51.4 Å². The zero-order valence-electron chi connectivity index (χ0n) is 15.7. The van der Waals surface area contributed by atoms with E-state index in [1.807, 2.05) is 29.2 Å². The second-order valence-corrected chi connectivity index (χ2v) is 7.52. The minimum absolute atomic E-state index is 0.0264. The molecule has 5 heteroatoms. The van der Waals surface area contributed by atoms with Crippen LogP contribution in [0.4, 0.5) is 5.69 Å². The predicted octanol–water partition coefficient (Wildman–Crippen LogP) is 3.52. The fraction of sp³-hybridized carbons (Fsp3) is 0.619. The quantitative estimate of drug-likeness (QED) is 0.897. The fourth-order valence-corrected chi connectivity index (χ4v) is 3.85. The summed E-state index contributed by atoms with van der Waals surface area (Å²) in [6, 6.07) is 7.33. The molecule has 5 nitrogen and oxygen atoms in total. The van der Waals surface area contributed by atoms with Crippen LogP contribution in [0.25, 0.3) is 0 Å². The molecule has 0 radical (unpaired) electrons. The average Bonchev–Trinajstić information content (AvgIpc) is 3.07. The lowest BCUT2D eigenvalue weighted by Gasteiger charge is -2.20. The van der Waals surface area contributed by atoms with Gasteiger partial charge in [-0.1, -0.05) is 25.7 Å². The molecule has 26 heavy (non-hydrogen) atoms. The molecule has 1 N–H and O–H groups in total. The Kier molecular flexibility index (Phi) is 7.06. The van der Waals surface area contributed by atoms with Crippen molar-refractivity contribution >= 4 is 17.5 Å². The minimum Gasteiger partial charge on any atom is -0.339 e. The van der Waals surface area contributed by atoms with Gasteiger partial charge in [0.1, 0.15) is 0 Å². The second kappa shape index (κ2) is 9.72. The van der Waals surface area contributed by atoms with Gasteiger partial charge in [-0.25, -0.2) is 0 Å². The van der Waals surface area contributed by atoms with Crippen molar-refractivity contribution in [3.63, 3.8) is 0 Å². The third-order valence-electron chi connectivity index (χ3n) is 5.37. The second-order valence-electron chi connectivity index (χ2n) is 7.52. The van der Waals surface area contributed by atoms with Crippen molar-refractivity contribution in [3.8, 4) is 0 Å². The molecule has 2 aliphatic rings. The van der Waals surface area contributed by atoms with Gasteiger partial charge in [-0.2, -0.15) is 0 Å². The van der Waals surface area contributed by atoms with Gasteiger partial charge in [-0.15, -0.1) is 0 Å². The van der Waals surface area contributed by atoms with Gasteiger partial charge in [0, 0.05) is 24.3 Å². The first-order valence-electron chi connectivity index (χ1n) is 10.1. The average molecular weight is 357 g/mol. The van der Waals surface area contributed by atoms with Crippen LogP contribution in [0.2, 0.25) is 0 Å². The van der Waals surface area contributed by atoms with Gasteiger partial charge in [0.15, 0.2) is 0 Å². The Morgan fingerprint density at radius 1 is 0.769 bits per heavy atom. The van der Waals surface area contributed by atoms with Crippen LogP contribution < -0.4 is 5.32 Å². The first-order valence-corrected chi connectivity index (χ1v) is 10.1. The van der Waals surface area contributed by atoms with Crippen LogP contribution in [0.5, 0.6) is 0 Å². The van der Waals surface area contributed by atoms with Gasteiger partial charge < -0.3 is 10.2 Å². The van der Waals surface area contributed by atoms with Gasteiger partial charge in [0.2, 0.25) is 5.91 Å². The molecule has 2 fully saturated rings. The highest BCUT2D eigenvalue weighted by molar-refractivity contribution is 5.96. The molecule has 0 aromatic heterocycles. The van der Waals surface area contributed by atoms with Crippen molar-refractivity contribution < 1.29 is 9.59 Å². The van der Waals surface area contributed by atoms with E-state index in [-0.39, 0.29) is 11.8 Å². The molecule has 0 unspecified atom stereocenters. The molecule has 1 aromatic rings. The summed E-state index contributed by atoms with van der Waals surface area (Å²) < 4.78 is 0. The van der Waals surface area contributed by atoms with E-state index in [1.165, 1.54) is 38.5 Å². The third kappa shape index (κ3) is 5.56. The molecule has 3 rings (SSSR count). The normalized spacial score (nSPS) is 19.5. The number of likely N-dealkylation sites (tertiary alicyclic amines) is 2. The monoisotopic (exact) mass is 357 g/mol. The molecule has 142 valence electrons. The Bertz CT molecular complexity index is 584. The van der Waals surface area contributed by atoms with Crippen molar-refractivity contribution in [1.29, 1.82) is 0 Å². The molecule has 2 heterocycles. The predicted molar refractivity (Wildman–Crippen MR) is 104 cm³/mol. The zero-order chi connectivity index (χ0) is 18.2. The lowest BCUT2D eigenvalue weighted by Crippen LogP contribution is -2.34. The Labute approximate surface area is 156 Å². The van der Waals surface area contributed by atoms with Crippen LogP contribution in [0.1, 0.15) is 61.7 Å². The van der Waals surface area contributed by atoms with E-state index in [0.717, 1.165) is 44.7 Å². The first-order chi connectivity index (χ1) is 12.7. The van der Waals surface area contributed by atoms with E-state index in [2.05, 4.69) is 10.2 Å². The molecular weight excluding hydrogens is 326 g/mol. The highest BCUT2D eigenvalue weighted by Gasteiger charge is 2.17. The van der Waals surface area contributed by atoms with Gasteiger partial charge in [-0.05, 0) is 63.0 Å². The SMILES string of the molecule is O=C(CN1CCCCCC1)Nc1ccc(C(=O)N2CCCCCC2)cc1. The van der Waals surface area contributed by atoms with E-state index in [0.29, 0.717) is 12.1 Å². The van der Waals surface area contributed by atoms with Gasteiger partial charge in [-0.3, -0.25) is 14.5 Å². The molecule has 0 saturated carbocycles. The summed E-state index contributed by atoms with van der Waals surface area (Å²) in [6.07, 6.45) is 9.51. The molecule has 1 aromatic carbocycles. The Hall–Kier alpha value is -1.88.